The number of fused-ring (bicyclic) bond motifs is 1. The summed E-state index contributed by atoms with van der Waals surface area (Å²) >= 11 is 0. The minimum atomic E-state index is -0.616. The summed E-state index contributed by atoms with van der Waals surface area (Å²) in [5.41, 5.74) is 0.140. The molecule has 2 aliphatic heterocycles. The van der Waals surface area contributed by atoms with Crippen LogP contribution in [0.15, 0.2) is 30.3 Å². The molecule has 2 heterocycles. The van der Waals surface area contributed by atoms with E-state index >= 15 is 0 Å². The Morgan fingerprint density at radius 2 is 1.96 bits per heavy atom. The fourth-order valence-electron chi connectivity index (χ4n) is 4.30. The topological polar surface area (TPSA) is 46.4 Å². The number of hydrogen-bond donors (Lipinski definition) is 0. The molecule has 1 aromatic rings. The van der Waals surface area contributed by atoms with Crippen molar-refractivity contribution in [3.63, 3.8) is 0 Å². The van der Waals surface area contributed by atoms with Crippen LogP contribution in [0.2, 0.25) is 0 Å². The number of benzene rings is 1. The maximum atomic E-state index is 12.7. The highest BCUT2D eigenvalue weighted by atomic mass is 16.5. The molecule has 1 aromatic carbocycles. The van der Waals surface area contributed by atoms with Gasteiger partial charge in [-0.1, -0.05) is 30.3 Å². The van der Waals surface area contributed by atoms with Gasteiger partial charge in [0.2, 0.25) is 0 Å². The molecule has 23 heavy (non-hydrogen) atoms. The monoisotopic (exact) mass is 315 g/mol. The number of rotatable bonds is 6. The third kappa shape index (κ3) is 2.59. The van der Waals surface area contributed by atoms with Crippen molar-refractivity contribution in [2.45, 2.75) is 63.6 Å². The first-order valence-corrected chi connectivity index (χ1v) is 8.48. The summed E-state index contributed by atoms with van der Waals surface area (Å²) in [7, 11) is 0. The largest absolute Gasteiger partial charge is 0.465 e. The van der Waals surface area contributed by atoms with Crippen molar-refractivity contribution >= 4 is 11.8 Å². The van der Waals surface area contributed by atoms with Gasteiger partial charge in [0.05, 0.1) is 6.61 Å². The molecule has 0 spiro atoms. The van der Waals surface area contributed by atoms with Crippen LogP contribution in [0.1, 0.15) is 56.8 Å². The van der Waals surface area contributed by atoms with Gasteiger partial charge in [-0.25, -0.2) is 0 Å². The van der Waals surface area contributed by atoms with E-state index in [1.807, 2.05) is 37.3 Å². The van der Waals surface area contributed by atoms with Crippen LogP contribution in [-0.2, 0) is 9.53 Å². The summed E-state index contributed by atoms with van der Waals surface area (Å²) in [5, 5.41) is 0. The van der Waals surface area contributed by atoms with Crippen molar-refractivity contribution in [1.82, 2.24) is 4.90 Å². The van der Waals surface area contributed by atoms with E-state index in [0.29, 0.717) is 31.1 Å². The molecule has 0 saturated carbocycles. The van der Waals surface area contributed by atoms with E-state index in [1.165, 1.54) is 0 Å². The van der Waals surface area contributed by atoms with Gasteiger partial charge < -0.3 is 4.74 Å². The summed E-state index contributed by atoms with van der Waals surface area (Å²) in [4.78, 5) is 27.4. The molecule has 0 aliphatic carbocycles. The number of hydrogen-bond acceptors (Lipinski definition) is 4. The zero-order chi connectivity index (χ0) is 16.7. The van der Waals surface area contributed by atoms with Crippen LogP contribution in [0.3, 0.4) is 0 Å². The molecular weight excluding hydrogens is 290 g/mol. The van der Waals surface area contributed by atoms with Gasteiger partial charge in [0.1, 0.15) is 5.54 Å². The summed E-state index contributed by atoms with van der Waals surface area (Å²) in [6.07, 6.45) is 2.72. The number of ketones is 1. The number of nitrogens with zero attached hydrogens (tertiary/aromatic N) is 1. The maximum absolute atomic E-state index is 12.7. The Bertz CT molecular complexity index is 610. The van der Waals surface area contributed by atoms with Gasteiger partial charge in [-0.05, 0) is 40.0 Å². The molecule has 2 aliphatic rings. The highest BCUT2D eigenvalue weighted by Gasteiger charge is 2.70. The number of Topliss-reactive ketones (excluding diaryl/α,β-unsaturated/α-hetero) is 1. The van der Waals surface area contributed by atoms with Crippen LogP contribution < -0.4 is 0 Å². The van der Waals surface area contributed by atoms with Crippen molar-refractivity contribution in [2.24, 2.45) is 0 Å². The molecule has 4 heteroatoms. The van der Waals surface area contributed by atoms with Gasteiger partial charge in [0.15, 0.2) is 5.78 Å². The van der Waals surface area contributed by atoms with Crippen LogP contribution in [0.5, 0.6) is 0 Å². The van der Waals surface area contributed by atoms with E-state index in [4.69, 9.17) is 4.74 Å². The number of piperidine rings is 1. The Hall–Kier alpha value is -1.68. The predicted octanol–water partition coefficient (Wildman–Crippen LogP) is 3.21. The Balaban J connectivity index is 1.76. The average molecular weight is 315 g/mol. The fraction of sp³-hybridized carbons (Fsp3) is 0.579. The second-order valence-corrected chi connectivity index (χ2v) is 7.12. The quantitative estimate of drug-likeness (QED) is 0.459. The highest BCUT2D eigenvalue weighted by molar-refractivity contribution is 5.96. The molecule has 0 bridgehead atoms. The van der Waals surface area contributed by atoms with Gasteiger partial charge in [-0.2, -0.15) is 0 Å². The van der Waals surface area contributed by atoms with Crippen molar-refractivity contribution in [3.8, 4) is 0 Å². The Labute approximate surface area is 137 Å². The van der Waals surface area contributed by atoms with Crippen LogP contribution in [0.25, 0.3) is 0 Å². The second-order valence-electron chi connectivity index (χ2n) is 7.12. The molecule has 0 radical (unpaired) electrons. The summed E-state index contributed by atoms with van der Waals surface area (Å²) < 4.78 is 5.37. The van der Waals surface area contributed by atoms with E-state index < -0.39 is 5.54 Å². The Kier molecular flexibility index (Phi) is 4.05. The number of ether oxygens (including phenoxy) is 1. The van der Waals surface area contributed by atoms with E-state index in [0.717, 1.165) is 12.8 Å². The first-order valence-electron chi connectivity index (χ1n) is 8.48. The van der Waals surface area contributed by atoms with Crippen molar-refractivity contribution in [3.05, 3.63) is 35.9 Å². The lowest BCUT2D eigenvalue weighted by Gasteiger charge is -2.32. The molecule has 0 N–H and O–H groups in total. The van der Waals surface area contributed by atoms with Gasteiger partial charge in [0, 0.05) is 23.6 Å². The zero-order valence-electron chi connectivity index (χ0n) is 14.2. The summed E-state index contributed by atoms with van der Waals surface area (Å²) in [6, 6.07) is 9.74. The SMILES string of the molecule is CCOC(=O)[C@]1(CCC(=O)c2ccccc2)CC[C@@H]2N1C2(C)C. The average Bonchev–Trinajstić information content (AvgIpc) is 2.92. The molecule has 0 aromatic heterocycles. The predicted molar refractivity (Wildman–Crippen MR) is 88.3 cm³/mol. The van der Waals surface area contributed by atoms with Crippen LogP contribution in [-0.4, -0.2) is 40.4 Å². The second kappa shape index (κ2) is 5.75. The van der Waals surface area contributed by atoms with Crippen LogP contribution in [0.4, 0.5) is 0 Å². The first kappa shape index (κ1) is 16.2. The lowest BCUT2D eigenvalue weighted by molar-refractivity contribution is -0.155. The van der Waals surface area contributed by atoms with E-state index in [-0.39, 0.29) is 17.3 Å². The third-order valence-corrected chi connectivity index (χ3v) is 5.49. The van der Waals surface area contributed by atoms with E-state index in [9.17, 15) is 9.59 Å². The molecule has 4 nitrogen and oxygen atoms in total. The summed E-state index contributed by atoms with van der Waals surface area (Å²) in [5.74, 6) is -0.0636. The number of carbonyl (C=O) groups is 2. The maximum Gasteiger partial charge on any atom is 0.326 e. The summed E-state index contributed by atoms with van der Waals surface area (Å²) in [6.45, 7) is 6.56. The van der Waals surface area contributed by atoms with Gasteiger partial charge >= 0.3 is 5.97 Å². The normalized spacial score (nSPS) is 30.6. The van der Waals surface area contributed by atoms with Gasteiger partial charge in [-0.15, -0.1) is 0 Å². The van der Waals surface area contributed by atoms with Crippen molar-refractivity contribution < 1.29 is 14.3 Å². The van der Waals surface area contributed by atoms with E-state index in [1.54, 1.807) is 0 Å². The molecule has 3 rings (SSSR count). The van der Waals surface area contributed by atoms with Crippen molar-refractivity contribution in [2.75, 3.05) is 6.61 Å². The minimum Gasteiger partial charge on any atom is -0.465 e. The molecule has 2 fully saturated rings. The first-order chi connectivity index (χ1) is 10.9. The van der Waals surface area contributed by atoms with Gasteiger partial charge in [-0.3, -0.25) is 14.5 Å². The molecule has 0 amide bonds. The molecule has 1 unspecified atom stereocenters. The highest BCUT2D eigenvalue weighted by Crippen LogP contribution is 2.58. The molecule has 3 atom stereocenters. The number of esters is 1. The lowest BCUT2D eigenvalue weighted by atomic mass is 9.85. The Morgan fingerprint density at radius 3 is 2.52 bits per heavy atom. The van der Waals surface area contributed by atoms with Crippen LogP contribution in [0, 0.1) is 0 Å². The van der Waals surface area contributed by atoms with E-state index in [2.05, 4.69) is 18.7 Å². The molecule has 2 saturated heterocycles. The van der Waals surface area contributed by atoms with Crippen molar-refractivity contribution in [1.29, 1.82) is 0 Å². The zero-order valence-corrected chi connectivity index (χ0v) is 14.2. The smallest absolute Gasteiger partial charge is 0.326 e. The standard InChI is InChI=1S/C19H25NO3/c1-4-23-17(22)19(13-11-16-18(2,3)20(16)19)12-10-15(21)14-8-6-5-7-9-14/h5-9,16H,4,10-13H2,1-3H3/t16-,19-,20?/m0/s1. The molecular formula is C19H25NO3. The fourth-order valence-corrected chi connectivity index (χ4v) is 4.30. The third-order valence-electron chi connectivity index (χ3n) is 5.49. The van der Waals surface area contributed by atoms with Gasteiger partial charge in [0.25, 0.3) is 0 Å². The number of carbonyl (C=O) groups excluding carboxylic acids is 2. The lowest BCUT2D eigenvalue weighted by Crippen LogP contribution is -2.48. The minimum absolute atomic E-state index is 0.0425. The van der Waals surface area contributed by atoms with Crippen LogP contribution >= 0.6 is 0 Å². The molecule has 124 valence electrons. The Morgan fingerprint density at radius 1 is 1.26 bits per heavy atom.